The molecular formula is C23H27N3O2. The molecule has 0 unspecified atom stereocenters. The van der Waals surface area contributed by atoms with E-state index >= 15 is 0 Å². The van der Waals surface area contributed by atoms with Crippen LogP contribution in [0.1, 0.15) is 37.5 Å². The van der Waals surface area contributed by atoms with Gasteiger partial charge in [-0.1, -0.05) is 48.6 Å². The van der Waals surface area contributed by atoms with Gasteiger partial charge in [0.1, 0.15) is 0 Å². The number of hydrogen-bond donors (Lipinski definition) is 2. The second-order valence-electron chi connectivity index (χ2n) is 7.72. The van der Waals surface area contributed by atoms with Gasteiger partial charge in [-0.05, 0) is 56.0 Å². The number of carbonyl (C=O) groups is 2. The van der Waals surface area contributed by atoms with Gasteiger partial charge in [0, 0.05) is 12.2 Å². The topological polar surface area (TPSA) is 61.4 Å². The predicted octanol–water partition coefficient (Wildman–Crippen LogP) is 3.84. The van der Waals surface area contributed by atoms with Gasteiger partial charge in [-0.3, -0.25) is 4.79 Å². The molecular weight excluding hydrogens is 350 g/mol. The van der Waals surface area contributed by atoms with Crippen molar-refractivity contribution in [1.82, 2.24) is 10.6 Å². The predicted molar refractivity (Wildman–Crippen MR) is 113 cm³/mol. The van der Waals surface area contributed by atoms with Gasteiger partial charge < -0.3 is 15.5 Å². The molecule has 3 rings (SSSR count). The third-order valence-electron chi connectivity index (χ3n) is 5.09. The van der Waals surface area contributed by atoms with E-state index in [0.29, 0.717) is 6.54 Å². The van der Waals surface area contributed by atoms with Crippen molar-refractivity contribution >= 4 is 23.2 Å². The number of para-hydroxylation sites is 1. The summed E-state index contributed by atoms with van der Waals surface area (Å²) < 4.78 is 0. The van der Waals surface area contributed by atoms with Crippen molar-refractivity contribution in [2.75, 3.05) is 18.0 Å². The molecule has 2 aromatic carbocycles. The fraction of sp³-hybridized carbons (Fsp3) is 0.304. The van der Waals surface area contributed by atoms with Crippen molar-refractivity contribution in [3.63, 3.8) is 0 Å². The minimum Gasteiger partial charge on any atom is -0.329 e. The van der Waals surface area contributed by atoms with Gasteiger partial charge in [0.25, 0.3) is 0 Å². The number of hydrogen-bond acceptors (Lipinski definition) is 2. The lowest BCUT2D eigenvalue weighted by molar-refractivity contribution is -0.117. The minimum absolute atomic E-state index is 0.0396. The van der Waals surface area contributed by atoms with Crippen LogP contribution >= 0.6 is 0 Å². The molecule has 3 amide bonds. The highest BCUT2D eigenvalue weighted by molar-refractivity contribution is 5.98. The van der Waals surface area contributed by atoms with Crippen molar-refractivity contribution in [2.45, 2.75) is 32.7 Å². The molecule has 0 saturated heterocycles. The molecule has 5 heteroatoms. The first-order valence-corrected chi connectivity index (χ1v) is 9.48. The summed E-state index contributed by atoms with van der Waals surface area (Å²) in [7, 11) is 0. The van der Waals surface area contributed by atoms with E-state index in [0.717, 1.165) is 28.8 Å². The van der Waals surface area contributed by atoms with Crippen molar-refractivity contribution in [3.05, 3.63) is 71.8 Å². The number of carbonyl (C=O) groups excluding carboxylic acids is 2. The molecule has 0 saturated carbocycles. The first-order valence-electron chi connectivity index (χ1n) is 9.48. The number of rotatable bonds is 5. The number of nitrogens with zero attached hydrogens (tertiary/aromatic N) is 1. The molecule has 0 atom stereocenters. The van der Waals surface area contributed by atoms with E-state index in [1.54, 1.807) is 4.90 Å². The SMILES string of the molecule is C=C(C)c1cccc(C(C)(C)NC(=O)NCC(=O)N2CCc3ccccc32)c1. The zero-order valence-corrected chi connectivity index (χ0v) is 16.7. The standard InChI is InChI=1S/C23H27N3O2/c1-16(2)18-9-7-10-19(14-18)23(3,4)25-22(28)24-15-21(27)26-13-12-17-8-5-6-11-20(17)26/h5-11,14H,1,12-13,15H2,2-4H3,(H2,24,25,28). The molecule has 0 aliphatic carbocycles. The Bertz CT molecular complexity index is 918. The van der Waals surface area contributed by atoms with E-state index in [2.05, 4.69) is 17.2 Å². The van der Waals surface area contributed by atoms with Gasteiger partial charge in [0.2, 0.25) is 5.91 Å². The highest BCUT2D eigenvalue weighted by atomic mass is 16.2. The zero-order valence-electron chi connectivity index (χ0n) is 16.7. The smallest absolute Gasteiger partial charge is 0.315 e. The van der Waals surface area contributed by atoms with Crippen molar-refractivity contribution < 1.29 is 9.59 Å². The van der Waals surface area contributed by atoms with Crippen LogP contribution in [-0.4, -0.2) is 25.0 Å². The van der Waals surface area contributed by atoms with Crippen LogP contribution in [0.3, 0.4) is 0 Å². The Kier molecular flexibility index (Phi) is 5.54. The van der Waals surface area contributed by atoms with Crippen LogP contribution in [0.15, 0.2) is 55.1 Å². The molecule has 0 aromatic heterocycles. The summed E-state index contributed by atoms with van der Waals surface area (Å²) in [5, 5.41) is 5.65. The number of amides is 3. The van der Waals surface area contributed by atoms with Crippen LogP contribution in [-0.2, 0) is 16.8 Å². The Morgan fingerprint density at radius 1 is 1.14 bits per heavy atom. The van der Waals surface area contributed by atoms with Gasteiger partial charge >= 0.3 is 6.03 Å². The number of benzene rings is 2. The van der Waals surface area contributed by atoms with Gasteiger partial charge in [0.15, 0.2) is 0 Å². The normalized spacial score (nSPS) is 13.0. The monoisotopic (exact) mass is 377 g/mol. The first kappa shape index (κ1) is 19.7. The summed E-state index contributed by atoms with van der Waals surface area (Å²) in [5.41, 5.74) is 4.50. The average Bonchev–Trinajstić information content (AvgIpc) is 3.10. The highest BCUT2D eigenvalue weighted by Crippen LogP contribution is 2.27. The lowest BCUT2D eigenvalue weighted by atomic mass is 9.92. The number of allylic oxidation sites excluding steroid dienone is 1. The highest BCUT2D eigenvalue weighted by Gasteiger charge is 2.26. The quantitative estimate of drug-likeness (QED) is 0.832. The molecule has 0 fully saturated rings. The van der Waals surface area contributed by atoms with Crippen LogP contribution in [0.5, 0.6) is 0 Å². The Morgan fingerprint density at radius 2 is 1.89 bits per heavy atom. The van der Waals surface area contributed by atoms with Crippen LogP contribution < -0.4 is 15.5 Å². The van der Waals surface area contributed by atoms with Gasteiger partial charge in [-0.25, -0.2) is 4.79 Å². The Morgan fingerprint density at radius 3 is 2.64 bits per heavy atom. The van der Waals surface area contributed by atoms with Crippen LogP contribution in [0.4, 0.5) is 10.5 Å². The molecule has 0 radical (unpaired) electrons. The fourth-order valence-corrected chi connectivity index (χ4v) is 3.42. The summed E-state index contributed by atoms with van der Waals surface area (Å²) in [6.07, 6.45) is 0.847. The molecule has 2 aromatic rings. The lowest BCUT2D eigenvalue weighted by Gasteiger charge is -2.28. The van der Waals surface area contributed by atoms with Crippen LogP contribution in [0, 0.1) is 0 Å². The van der Waals surface area contributed by atoms with E-state index in [4.69, 9.17) is 0 Å². The number of anilines is 1. The van der Waals surface area contributed by atoms with Gasteiger partial charge in [-0.15, -0.1) is 0 Å². The van der Waals surface area contributed by atoms with Crippen molar-refractivity contribution in [1.29, 1.82) is 0 Å². The molecule has 1 aliphatic rings. The largest absolute Gasteiger partial charge is 0.329 e. The molecule has 0 bridgehead atoms. The molecule has 1 heterocycles. The summed E-state index contributed by atoms with van der Waals surface area (Å²) >= 11 is 0. The van der Waals surface area contributed by atoms with E-state index in [-0.39, 0.29) is 18.5 Å². The van der Waals surface area contributed by atoms with Gasteiger partial charge in [0.05, 0.1) is 12.1 Å². The van der Waals surface area contributed by atoms with Gasteiger partial charge in [-0.2, -0.15) is 0 Å². The Balaban J connectivity index is 1.59. The fourth-order valence-electron chi connectivity index (χ4n) is 3.42. The van der Waals surface area contributed by atoms with E-state index in [1.807, 2.05) is 69.3 Å². The summed E-state index contributed by atoms with van der Waals surface area (Å²) in [4.78, 5) is 26.7. The second kappa shape index (κ2) is 7.89. The third kappa shape index (κ3) is 4.25. The third-order valence-corrected chi connectivity index (χ3v) is 5.09. The molecule has 2 N–H and O–H groups in total. The summed E-state index contributed by atoms with van der Waals surface area (Å²) in [6.45, 7) is 10.4. The maximum Gasteiger partial charge on any atom is 0.315 e. The maximum atomic E-state index is 12.5. The maximum absolute atomic E-state index is 12.5. The van der Waals surface area contributed by atoms with Crippen LogP contribution in [0.25, 0.3) is 5.57 Å². The first-order chi connectivity index (χ1) is 13.3. The van der Waals surface area contributed by atoms with Crippen LogP contribution in [0.2, 0.25) is 0 Å². The lowest BCUT2D eigenvalue weighted by Crippen LogP contribution is -2.49. The summed E-state index contributed by atoms with van der Waals surface area (Å²) in [6, 6.07) is 15.4. The van der Waals surface area contributed by atoms with E-state index < -0.39 is 5.54 Å². The van der Waals surface area contributed by atoms with Crippen molar-refractivity contribution in [3.8, 4) is 0 Å². The number of fused-ring (bicyclic) bond motifs is 1. The Labute approximate surface area is 166 Å². The molecule has 1 aliphatic heterocycles. The molecule has 0 spiro atoms. The number of nitrogens with one attached hydrogen (secondary N) is 2. The molecule has 28 heavy (non-hydrogen) atoms. The Hall–Kier alpha value is -3.08. The van der Waals surface area contributed by atoms with Crippen molar-refractivity contribution in [2.24, 2.45) is 0 Å². The second-order valence-corrected chi connectivity index (χ2v) is 7.72. The summed E-state index contributed by atoms with van der Waals surface area (Å²) in [5.74, 6) is -0.109. The average molecular weight is 377 g/mol. The van der Waals surface area contributed by atoms with E-state index in [1.165, 1.54) is 5.56 Å². The molecule has 146 valence electrons. The number of urea groups is 1. The van der Waals surface area contributed by atoms with E-state index in [9.17, 15) is 9.59 Å². The zero-order chi connectivity index (χ0) is 20.3. The molecule has 5 nitrogen and oxygen atoms in total. The minimum atomic E-state index is -0.584.